The van der Waals surface area contributed by atoms with E-state index in [1.807, 2.05) is 0 Å². The van der Waals surface area contributed by atoms with Gasteiger partial charge in [0.2, 0.25) is 0 Å². The maximum absolute atomic E-state index is 12.6. The van der Waals surface area contributed by atoms with Crippen molar-refractivity contribution in [2.45, 2.75) is 76.5 Å². The maximum atomic E-state index is 12.6. The van der Waals surface area contributed by atoms with Crippen molar-refractivity contribution in [3.05, 3.63) is 0 Å². The lowest BCUT2D eigenvalue weighted by atomic mass is 9.83. The summed E-state index contributed by atoms with van der Waals surface area (Å²) in [6.45, 7) is 7.34. The van der Waals surface area contributed by atoms with Crippen molar-refractivity contribution in [3.63, 3.8) is 0 Å². The van der Waals surface area contributed by atoms with Gasteiger partial charge >= 0.3 is 0 Å². The van der Waals surface area contributed by atoms with Crippen LogP contribution in [0.2, 0.25) is 0 Å². The molecule has 1 saturated carbocycles. The van der Waals surface area contributed by atoms with Crippen LogP contribution in [-0.2, 0) is 11.0 Å². The highest BCUT2D eigenvalue weighted by atomic mass is 32.2. The van der Waals surface area contributed by atoms with Crippen LogP contribution in [-0.4, -0.2) is 25.8 Å². The number of hydrogen-bond acceptors (Lipinski definition) is 1. The quantitative estimate of drug-likeness (QED) is 0.741. The van der Waals surface area contributed by atoms with E-state index in [1.54, 1.807) is 0 Å². The number of rotatable bonds is 2. The minimum absolute atomic E-state index is 0.0999. The predicted octanol–water partition coefficient (Wildman–Crippen LogP) is 3.49. The Labute approximate surface area is 109 Å². The van der Waals surface area contributed by atoms with E-state index in [-0.39, 0.29) is 4.75 Å². The molecule has 2 nitrogen and oxygen atoms in total. The summed E-state index contributed by atoms with van der Waals surface area (Å²) < 4.78 is 14.8. The third-order valence-corrected chi connectivity index (χ3v) is 6.11. The highest BCUT2D eigenvalue weighted by Gasteiger charge is 2.38. The van der Waals surface area contributed by atoms with Crippen molar-refractivity contribution in [1.29, 1.82) is 0 Å². The first-order chi connectivity index (χ1) is 8.00. The summed E-state index contributed by atoms with van der Waals surface area (Å²) in [6.07, 6.45) is 9.42. The van der Waals surface area contributed by atoms with E-state index >= 15 is 0 Å². The molecule has 1 aliphatic carbocycles. The molecule has 0 amide bonds. The second-order valence-electron chi connectivity index (χ2n) is 6.61. The molecule has 3 heteroatoms. The largest absolute Gasteiger partial charge is 0.242 e. The van der Waals surface area contributed by atoms with Crippen molar-refractivity contribution < 1.29 is 4.21 Å². The van der Waals surface area contributed by atoms with Gasteiger partial charge in [0.25, 0.3) is 0 Å². The molecular weight excluding hydrogens is 230 g/mol. The van der Waals surface area contributed by atoms with E-state index in [2.05, 4.69) is 25.1 Å². The molecule has 2 atom stereocenters. The van der Waals surface area contributed by atoms with Crippen LogP contribution >= 0.6 is 0 Å². The van der Waals surface area contributed by atoms with E-state index < -0.39 is 11.0 Å². The summed E-state index contributed by atoms with van der Waals surface area (Å²) in [7, 11) is -0.811. The van der Waals surface area contributed by atoms with Gasteiger partial charge in [-0.15, -0.1) is 0 Å². The Hall–Kier alpha value is 0.110. The summed E-state index contributed by atoms with van der Waals surface area (Å²) in [5.41, 5.74) is 0. The molecule has 0 spiro atoms. The van der Waals surface area contributed by atoms with Crippen molar-refractivity contribution in [3.8, 4) is 0 Å². The van der Waals surface area contributed by atoms with Gasteiger partial charge in [-0.05, 0) is 52.4 Å². The Kier molecular flexibility index (Phi) is 4.30. The van der Waals surface area contributed by atoms with Gasteiger partial charge < -0.3 is 0 Å². The molecule has 0 aromatic rings. The van der Waals surface area contributed by atoms with Gasteiger partial charge in [0, 0.05) is 12.6 Å². The molecule has 0 radical (unpaired) electrons. The molecule has 1 aliphatic heterocycles. The second-order valence-corrected chi connectivity index (χ2v) is 8.80. The monoisotopic (exact) mass is 257 g/mol. The van der Waals surface area contributed by atoms with Crippen molar-refractivity contribution in [2.75, 3.05) is 6.54 Å². The molecule has 17 heavy (non-hydrogen) atoms. The standard InChI is InChI=1S/C14H27NOS/c1-14(2,3)17(16)15-11-7-10-13(15)12-8-5-4-6-9-12/h12-13H,4-11H2,1-3H3/t13-,17+/m0/s1. The average molecular weight is 257 g/mol. The van der Waals surface area contributed by atoms with Crippen LogP contribution < -0.4 is 0 Å². The molecule has 1 heterocycles. The van der Waals surface area contributed by atoms with E-state index in [9.17, 15) is 4.21 Å². The first-order valence-electron chi connectivity index (χ1n) is 7.19. The lowest BCUT2D eigenvalue weighted by Gasteiger charge is -2.36. The lowest BCUT2D eigenvalue weighted by molar-refractivity contribution is 0.230. The van der Waals surface area contributed by atoms with E-state index in [0.717, 1.165) is 12.5 Å². The Morgan fingerprint density at radius 2 is 1.65 bits per heavy atom. The highest BCUT2D eigenvalue weighted by molar-refractivity contribution is 7.84. The Morgan fingerprint density at radius 1 is 1.00 bits per heavy atom. The third-order valence-electron chi connectivity index (χ3n) is 4.18. The van der Waals surface area contributed by atoms with E-state index in [4.69, 9.17) is 0 Å². The first-order valence-corrected chi connectivity index (χ1v) is 8.29. The SMILES string of the molecule is CC(C)(C)[S@@](=O)N1CCC[C@H]1C1CCCCC1. The third kappa shape index (κ3) is 3.11. The van der Waals surface area contributed by atoms with Crippen molar-refractivity contribution in [1.82, 2.24) is 4.31 Å². The molecule has 2 rings (SSSR count). The van der Waals surface area contributed by atoms with Crippen LogP contribution in [0, 0.1) is 5.92 Å². The lowest BCUT2D eigenvalue weighted by Crippen LogP contribution is -2.43. The van der Waals surface area contributed by atoms with Crippen LogP contribution in [0.4, 0.5) is 0 Å². The molecular formula is C14H27NOS. The van der Waals surface area contributed by atoms with Crippen LogP contribution in [0.1, 0.15) is 65.7 Å². The molecule has 2 fully saturated rings. The Bertz CT molecular complexity index is 278. The van der Waals surface area contributed by atoms with Crippen LogP contribution in [0.25, 0.3) is 0 Å². The van der Waals surface area contributed by atoms with Gasteiger partial charge in [0.1, 0.15) is 0 Å². The van der Waals surface area contributed by atoms with Gasteiger partial charge in [0.05, 0.1) is 15.7 Å². The van der Waals surface area contributed by atoms with Crippen LogP contribution in [0.3, 0.4) is 0 Å². The van der Waals surface area contributed by atoms with Crippen molar-refractivity contribution >= 4 is 11.0 Å². The van der Waals surface area contributed by atoms with Gasteiger partial charge in [-0.3, -0.25) is 0 Å². The number of hydrogen-bond donors (Lipinski definition) is 0. The van der Waals surface area contributed by atoms with Gasteiger partial charge in [0.15, 0.2) is 0 Å². The smallest absolute Gasteiger partial charge is 0.1000 e. The van der Waals surface area contributed by atoms with E-state index in [1.165, 1.54) is 44.9 Å². The topological polar surface area (TPSA) is 20.3 Å². The molecule has 0 unspecified atom stereocenters. The molecule has 100 valence electrons. The zero-order valence-corrected chi connectivity index (χ0v) is 12.4. The minimum Gasteiger partial charge on any atom is -0.242 e. The first kappa shape index (κ1) is 13.5. The summed E-state index contributed by atoms with van der Waals surface area (Å²) in [5.74, 6) is 0.817. The fraction of sp³-hybridized carbons (Fsp3) is 1.00. The molecule has 2 aliphatic rings. The second kappa shape index (κ2) is 5.40. The van der Waals surface area contributed by atoms with Gasteiger partial charge in [-0.25, -0.2) is 8.51 Å². The summed E-state index contributed by atoms with van der Waals surface area (Å²) in [6, 6.07) is 0.607. The minimum atomic E-state index is -0.811. The zero-order valence-electron chi connectivity index (χ0n) is 11.6. The zero-order chi connectivity index (χ0) is 12.5. The fourth-order valence-electron chi connectivity index (χ4n) is 3.31. The summed E-state index contributed by atoms with van der Waals surface area (Å²) in [4.78, 5) is 0. The predicted molar refractivity (Wildman–Crippen MR) is 74.2 cm³/mol. The normalized spacial score (nSPS) is 30.6. The molecule has 0 N–H and O–H groups in total. The molecule has 0 aromatic heterocycles. The summed E-state index contributed by atoms with van der Waals surface area (Å²) >= 11 is 0. The van der Waals surface area contributed by atoms with Gasteiger partial charge in [-0.1, -0.05) is 19.3 Å². The Balaban J connectivity index is 2.04. The van der Waals surface area contributed by atoms with Crippen LogP contribution in [0.15, 0.2) is 0 Å². The molecule has 0 bridgehead atoms. The van der Waals surface area contributed by atoms with Gasteiger partial charge in [-0.2, -0.15) is 0 Å². The van der Waals surface area contributed by atoms with Crippen molar-refractivity contribution in [2.24, 2.45) is 5.92 Å². The summed E-state index contributed by atoms with van der Waals surface area (Å²) in [5, 5.41) is 0. The fourth-order valence-corrected chi connectivity index (χ4v) is 4.84. The maximum Gasteiger partial charge on any atom is 0.1000 e. The average Bonchev–Trinajstić information content (AvgIpc) is 2.76. The molecule has 1 saturated heterocycles. The Morgan fingerprint density at radius 3 is 2.24 bits per heavy atom. The number of nitrogens with zero attached hydrogens (tertiary/aromatic N) is 1. The highest BCUT2D eigenvalue weighted by Crippen LogP contribution is 2.36. The molecule has 0 aromatic carbocycles. The van der Waals surface area contributed by atoms with E-state index in [0.29, 0.717) is 6.04 Å². The van der Waals surface area contributed by atoms with Crippen LogP contribution in [0.5, 0.6) is 0 Å².